The largest absolute Gasteiger partial charge is 0.493 e. The van der Waals surface area contributed by atoms with Crippen LogP contribution in [0.4, 0.5) is 0 Å². The Morgan fingerprint density at radius 1 is 1.46 bits per heavy atom. The van der Waals surface area contributed by atoms with E-state index >= 15 is 0 Å². The highest BCUT2D eigenvalue weighted by atomic mass is 127. The van der Waals surface area contributed by atoms with Crippen LogP contribution in [0.2, 0.25) is 0 Å². The number of amides is 1. The van der Waals surface area contributed by atoms with Crippen LogP contribution in [0.1, 0.15) is 18.9 Å². The first-order valence-electron chi connectivity index (χ1n) is 7.47. The third-order valence-electron chi connectivity index (χ3n) is 3.32. The van der Waals surface area contributed by atoms with Crippen LogP contribution in [-0.2, 0) is 4.79 Å². The van der Waals surface area contributed by atoms with Crippen LogP contribution < -0.4 is 14.8 Å². The summed E-state index contributed by atoms with van der Waals surface area (Å²) in [5.74, 6) is 1.16. The summed E-state index contributed by atoms with van der Waals surface area (Å²) in [6.45, 7) is 6.66. The Balaban J connectivity index is 2.33. The number of halogens is 1. The molecule has 1 aromatic rings. The molecule has 5 nitrogen and oxygen atoms in total. The maximum absolute atomic E-state index is 12.4. The number of hydrogen-bond acceptors (Lipinski definition) is 4. The summed E-state index contributed by atoms with van der Waals surface area (Å²) in [6.07, 6.45) is 4.30. The van der Waals surface area contributed by atoms with Gasteiger partial charge in [-0.05, 0) is 65.0 Å². The van der Waals surface area contributed by atoms with E-state index in [2.05, 4.69) is 34.5 Å². The molecule has 0 aromatic heterocycles. The first-order valence-corrected chi connectivity index (χ1v) is 8.96. The number of ether oxygens (including phenoxy) is 2. The molecule has 24 heavy (non-hydrogen) atoms. The van der Waals surface area contributed by atoms with Gasteiger partial charge in [-0.2, -0.15) is 0 Å². The van der Waals surface area contributed by atoms with E-state index in [-0.39, 0.29) is 5.91 Å². The highest BCUT2D eigenvalue weighted by Gasteiger charge is 2.29. The zero-order chi connectivity index (χ0) is 17.7. The van der Waals surface area contributed by atoms with E-state index in [0.717, 1.165) is 15.6 Å². The Morgan fingerprint density at radius 3 is 2.83 bits per heavy atom. The van der Waals surface area contributed by atoms with E-state index < -0.39 is 0 Å². The quantitative estimate of drug-likeness (QED) is 0.294. The molecular weight excluding hydrogens is 439 g/mol. The van der Waals surface area contributed by atoms with Gasteiger partial charge in [0.2, 0.25) is 0 Å². The molecule has 0 bridgehead atoms. The number of nitrogens with one attached hydrogen (secondary N) is 1. The molecule has 1 aliphatic rings. The average Bonchev–Trinajstić information content (AvgIpc) is 2.81. The van der Waals surface area contributed by atoms with Crippen LogP contribution in [0.3, 0.4) is 0 Å². The van der Waals surface area contributed by atoms with Crippen LogP contribution in [0.5, 0.6) is 11.5 Å². The second kappa shape index (κ2) is 8.48. The van der Waals surface area contributed by atoms with Crippen molar-refractivity contribution in [1.29, 1.82) is 0 Å². The smallest absolute Gasteiger partial charge is 0.276 e. The van der Waals surface area contributed by atoms with Crippen LogP contribution in [0.25, 0.3) is 6.08 Å². The molecule has 0 radical (unpaired) electrons. The third kappa shape index (κ3) is 4.07. The van der Waals surface area contributed by atoms with Gasteiger partial charge in [0.15, 0.2) is 16.6 Å². The number of thiocarbonyl (C=S) groups is 1. The molecule has 0 saturated carbocycles. The van der Waals surface area contributed by atoms with E-state index in [1.807, 2.05) is 19.1 Å². The maximum atomic E-state index is 12.4. The lowest BCUT2D eigenvalue weighted by Gasteiger charge is -2.12. The fraction of sp³-hybridized carbons (Fsp3) is 0.294. The summed E-state index contributed by atoms with van der Waals surface area (Å²) in [5.41, 5.74) is 1.30. The standard InChI is InChI=1S/C17H19IN2O3S/c1-4-6-20-16(21)13(19-17(20)24)9-11-8-12(18)15(23-7-5-2)14(10-11)22-3/h5,8-10H,2,4,6-7H2,1,3H3,(H,19,24)/b13-9-. The number of methoxy groups -OCH3 is 1. The van der Waals surface area contributed by atoms with Crippen LogP contribution in [-0.4, -0.2) is 36.2 Å². The van der Waals surface area contributed by atoms with Crippen LogP contribution >= 0.6 is 34.8 Å². The lowest BCUT2D eigenvalue weighted by atomic mass is 10.1. The monoisotopic (exact) mass is 458 g/mol. The first kappa shape index (κ1) is 18.7. The van der Waals surface area contributed by atoms with Crippen molar-refractivity contribution in [1.82, 2.24) is 10.2 Å². The second-order valence-electron chi connectivity index (χ2n) is 5.08. The van der Waals surface area contributed by atoms with E-state index in [0.29, 0.717) is 35.5 Å². The Kier molecular flexibility index (Phi) is 6.61. The van der Waals surface area contributed by atoms with Gasteiger partial charge in [0.25, 0.3) is 5.91 Å². The summed E-state index contributed by atoms with van der Waals surface area (Å²) in [5, 5.41) is 3.42. The van der Waals surface area contributed by atoms with Gasteiger partial charge in [-0.1, -0.05) is 19.6 Å². The molecule has 0 aliphatic carbocycles. The van der Waals surface area contributed by atoms with Gasteiger partial charge < -0.3 is 14.8 Å². The van der Waals surface area contributed by atoms with Crippen molar-refractivity contribution >= 4 is 51.9 Å². The number of carbonyl (C=O) groups excluding carboxylic acids is 1. The predicted molar refractivity (Wildman–Crippen MR) is 107 cm³/mol. The van der Waals surface area contributed by atoms with Gasteiger partial charge in [-0.25, -0.2) is 0 Å². The molecule has 1 N–H and O–H groups in total. The van der Waals surface area contributed by atoms with Gasteiger partial charge in [0, 0.05) is 6.54 Å². The van der Waals surface area contributed by atoms with E-state index in [1.54, 1.807) is 24.2 Å². The molecule has 0 spiro atoms. The van der Waals surface area contributed by atoms with Crippen molar-refractivity contribution in [3.05, 3.63) is 39.6 Å². The Morgan fingerprint density at radius 2 is 2.21 bits per heavy atom. The van der Waals surface area contributed by atoms with Gasteiger partial charge in [-0.3, -0.25) is 9.69 Å². The molecule has 1 fully saturated rings. The zero-order valence-corrected chi connectivity index (χ0v) is 16.6. The summed E-state index contributed by atoms with van der Waals surface area (Å²) in [7, 11) is 1.58. The molecule has 1 heterocycles. The SMILES string of the molecule is C=CCOc1c(I)cc(/C=C2\NC(=S)N(CCC)C2=O)cc1OC. The highest BCUT2D eigenvalue weighted by molar-refractivity contribution is 14.1. The minimum atomic E-state index is -0.109. The molecule has 128 valence electrons. The maximum Gasteiger partial charge on any atom is 0.276 e. The lowest BCUT2D eigenvalue weighted by Crippen LogP contribution is -2.31. The minimum Gasteiger partial charge on any atom is -0.493 e. The fourth-order valence-corrected chi connectivity index (χ4v) is 3.34. The van der Waals surface area contributed by atoms with Crippen molar-refractivity contribution in [2.24, 2.45) is 0 Å². The van der Waals surface area contributed by atoms with E-state index in [1.165, 1.54) is 0 Å². The Bertz CT molecular complexity index is 703. The van der Waals surface area contributed by atoms with E-state index in [4.69, 9.17) is 21.7 Å². The minimum absolute atomic E-state index is 0.109. The number of benzene rings is 1. The predicted octanol–water partition coefficient (Wildman–Crippen LogP) is 3.33. The average molecular weight is 458 g/mol. The number of hydrogen-bond donors (Lipinski definition) is 1. The summed E-state index contributed by atoms with van der Waals surface area (Å²) in [4.78, 5) is 14.0. The molecule has 1 amide bonds. The molecular formula is C17H19IN2O3S. The number of rotatable bonds is 7. The summed E-state index contributed by atoms with van der Waals surface area (Å²) in [6, 6.07) is 3.75. The van der Waals surface area contributed by atoms with Gasteiger partial charge >= 0.3 is 0 Å². The van der Waals surface area contributed by atoms with Crippen molar-refractivity contribution in [3.8, 4) is 11.5 Å². The Labute approximate surface area is 160 Å². The summed E-state index contributed by atoms with van der Waals surface area (Å²) < 4.78 is 11.9. The topological polar surface area (TPSA) is 50.8 Å². The van der Waals surface area contributed by atoms with Crippen LogP contribution in [0, 0.1) is 3.57 Å². The van der Waals surface area contributed by atoms with Crippen molar-refractivity contribution in [3.63, 3.8) is 0 Å². The molecule has 0 atom stereocenters. The number of nitrogens with zero attached hydrogens (tertiary/aromatic N) is 1. The molecule has 7 heteroatoms. The zero-order valence-electron chi connectivity index (χ0n) is 13.6. The summed E-state index contributed by atoms with van der Waals surface area (Å²) >= 11 is 7.39. The fourth-order valence-electron chi connectivity index (χ4n) is 2.27. The van der Waals surface area contributed by atoms with Crippen molar-refractivity contribution in [2.45, 2.75) is 13.3 Å². The van der Waals surface area contributed by atoms with Gasteiger partial charge in [0.1, 0.15) is 12.3 Å². The Hall–Kier alpha value is -1.61. The normalized spacial score (nSPS) is 15.6. The van der Waals surface area contributed by atoms with Gasteiger partial charge in [0.05, 0.1) is 10.7 Å². The van der Waals surface area contributed by atoms with Gasteiger partial charge in [-0.15, -0.1) is 0 Å². The molecule has 1 aromatic carbocycles. The molecule has 1 saturated heterocycles. The first-order chi connectivity index (χ1) is 11.5. The van der Waals surface area contributed by atoms with Crippen LogP contribution in [0.15, 0.2) is 30.5 Å². The van der Waals surface area contributed by atoms with Crippen molar-refractivity contribution < 1.29 is 14.3 Å². The third-order valence-corrected chi connectivity index (χ3v) is 4.44. The highest BCUT2D eigenvalue weighted by Crippen LogP contribution is 2.34. The molecule has 2 rings (SSSR count). The second-order valence-corrected chi connectivity index (χ2v) is 6.63. The van der Waals surface area contributed by atoms with Crippen molar-refractivity contribution in [2.75, 3.05) is 20.3 Å². The lowest BCUT2D eigenvalue weighted by molar-refractivity contribution is -0.122. The molecule has 1 aliphatic heterocycles. The number of carbonyl (C=O) groups is 1. The van der Waals surface area contributed by atoms with E-state index in [9.17, 15) is 4.79 Å². The molecule has 0 unspecified atom stereocenters.